The van der Waals surface area contributed by atoms with Gasteiger partial charge < -0.3 is 19.7 Å². The van der Waals surface area contributed by atoms with Crippen molar-refractivity contribution in [3.8, 4) is 0 Å². The van der Waals surface area contributed by atoms with Crippen LogP contribution in [0.4, 0.5) is 21.0 Å². The SMILES string of the molecule is O=C(Nc1ccc(C(=O)O)cc1)OCCCCOC(=O)Nc1ccc(C(=O)O)cc1. The van der Waals surface area contributed by atoms with Crippen LogP contribution in [0.25, 0.3) is 0 Å². The molecular formula is C20H20N2O8. The Balaban J connectivity index is 1.57. The molecule has 0 fully saturated rings. The molecule has 30 heavy (non-hydrogen) atoms. The number of hydrogen-bond donors (Lipinski definition) is 4. The second-order valence-electron chi connectivity index (χ2n) is 5.99. The Hall–Kier alpha value is -4.08. The molecular weight excluding hydrogens is 396 g/mol. The van der Waals surface area contributed by atoms with E-state index < -0.39 is 24.1 Å². The summed E-state index contributed by atoms with van der Waals surface area (Å²) in [7, 11) is 0. The van der Waals surface area contributed by atoms with E-state index in [9.17, 15) is 19.2 Å². The van der Waals surface area contributed by atoms with Crippen LogP contribution in [0, 0.1) is 0 Å². The largest absolute Gasteiger partial charge is 0.478 e. The Morgan fingerprint density at radius 3 is 1.27 bits per heavy atom. The van der Waals surface area contributed by atoms with Crippen molar-refractivity contribution < 1.29 is 38.9 Å². The maximum absolute atomic E-state index is 11.7. The highest BCUT2D eigenvalue weighted by molar-refractivity contribution is 5.90. The number of rotatable bonds is 9. The maximum atomic E-state index is 11.7. The Kier molecular flexibility index (Phi) is 8.18. The molecule has 2 aromatic rings. The van der Waals surface area contributed by atoms with Gasteiger partial charge in [-0.1, -0.05) is 0 Å². The fraction of sp³-hybridized carbons (Fsp3) is 0.200. The molecule has 0 bridgehead atoms. The van der Waals surface area contributed by atoms with Crippen molar-refractivity contribution in [1.82, 2.24) is 0 Å². The number of nitrogens with one attached hydrogen (secondary N) is 2. The lowest BCUT2D eigenvalue weighted by Gasteiger charge is -2.08. The summed E-state index contributed by atoms with van der Waals surface area (Å²) >= 11 is 0. The van der Waals surface area contributed by atoms with Crippen molar-refractivity contribution in [2.45, 2.75) is 12.8 Å². The quantitative estimate of drug-likeness (QED) is 0.452. The van der Waals surface area contributed by atoms with Crippen molar-refractivity contribution in [3.05, 3.63) is 59.7 Å². The first kappa shape index (κ1) is 22.2. The summed E-state index contributed by atoms with van der Waals surface area (Å²) in [5.41, 5.74) is 1.02. The summed E-state index contributed by atoms with van der Waals surface area (Å²) < 4.78 is 9.97. The van der Waals surface area contributed by atoms with Crippen molar-refractivity contribution in [1.29, 1.82) is 0 Å². The topological polar surface area (TPSA) is 151 Å². The molecule has 0 aliphatic heterocycles. The number of amides is 2. The lowest BCUT2D eigenvalue weighted by molar-refractivity contribution is 0.0686. The first-order valence-corrected chi connectivity index (χ1v) is 8.89. The summed E-state index contributed by atoms with van der Waals surface area (Å²) in [6, 6.07) is 11.3. The molecule has 2 rings (SSSR count). The molecule has 4 N–H and O–H groups in total. The highest BCUT2D eigenvalue weighted by atomic mass is 16.6. The van der Waals surface area contributed by atoms with Gasteiger partial charge >= 0.3 is 24.1 Å². The zero-order chi connectivity index (χ0) is 21.9. The Labute approximate surface area is 171 Å². The number of anilines is 2. The van der Waals surface area contributed by atoms with Gasteiger partial charge in [-0.05, 0) is 61.4 Å². The minimum atomic E-state index is -1.06. The predicted octanol–water partition coefficient (Wildman–Crippen LogP) is 3.66. The first-order valence-electron chi connectivity index (χ1n) is 8.89. The molecule has 0 heterocycles. The number of benzene rings is 2. The number of carbonyl (C=O) groups excluding carboxylic acids is 2. The van der Waals surface area contributed by atoms with Crippen molar-refractivity contribution in [2.24, 2.45) is 0 Å². The third-order valence-electron chi connectivity index (χ3n) is 3.76. The Morgan fingerprint density at radius 1 is 0.633 bits per heavy atom. The van der Waals surface area contributed by atoms with Crippen LogP contribution in [0.5, 0.6) is 0 Å². The van der Waals surface area contributed by atoms with Gasteiger partial charge in [0.05, 0.1) is 24.3 Å². The number of ether oxygens (including phenoxy) is 2. The van der Waals surface area contributed by atoms with E-state index >= 15 is 0 Å². The second kappa shape index (κ2) is 11.1. The van der Waals surface area contributed by atoms with Gasteiger partial charge in [0, 0.05) is 11.4 Å². The Bertz CT molecular complexity index is 819. The molecule has 2 amide bonds. The molecule has 10 heteroatoms. The number of carbonyl (C=O) groups is 4. The van der Waals surface area contributed by atoms with Gasteiger partial charge in [-0.25, -0.2) is 19.2 Å². The van der Waals surface area contributed by atoms with Crippen LogP contribution in [-0.2, 0) is 9.47 Å². The third kappa shape index (κ3) is 7.50. The average Bonchev–Trinajstić information content (AvgIpc) is 2.71. The van der Waals surface area contributed by atoms with E-state index in [-0.39, 0.29) is 24.3 Å². The molecule has 158 valence electrons. The normalized spacial score (nSPS) is 10.0. The monoisotopic (exact) mass is 416 g/mol. The lowest BCUT2D eigenvalue weighted by atomic mass is 10.2. The van der Waals surface area contributed by atoms with Crippen molar-refractivity contribution in [2.75, 3.05) is 23.8 Å². The Morgan fingerprint density at radius 2 is 0.967 bits per heavy atom. The highest BCUT2D eigenvalue weighted by Crippen LogP contribution is 2.11. The molecule has 10 nitrogen and oxygen atoms in total. The molecule has 0 radical (unpaired) electrons. The maximum Gasteiger partial charge on any atom is 0.411 e. The van der Waals surface area contributed by atoms with Crippen LogP contribution >= 0.6 is 0 Å². The van der Waals surface area contributed by atoms with Gasteiger partial charge in [-0.3, -0.25) is 10.6 Å². The van der Waals surface area contributed by atoms with Gasteiger partial charge in [0.1, 0.15) is 0 Å². The molecule has 0 atom stereocenters. The lowest BCUT2D eigenvalue weighted by Crippen LogP contribution is -2.16. The molecule has 2 aromatic carbocycles. The van der Waals surface area contributed by atoms with Crippen molar-refractivity contribution >= 4 is 35.5 Å². The molecule has 0 spiro atoms. The van der Waals surface area contributed by atoms with E-state index in [4.69, 9.17) is 19.7 Å². The van der Waals surface area contributed by atoms with E-state index in [2.05, 4.69) is 10.6 Å². The molecule has 0 aliphatic rings. The zero-order valence-corrected chi connectivity index (χ0v) is 15.8. The van der Waals surface area contributed by atoms with E-state index in [1.165, 1.54) is 48.5 Å². The summed E-state index contributed by atoms with van der Waals surface area (Å²) in [6.45, 7) is 0.224. The van der Waals surface area contributed by atoms with E-state index in [0.29, 0.717) is 24.2 Å². The van der Waals surface area contributed by atoms with Gasteiger partial charge in [-0.15, -0.1) is 0 Å². The van der Waals surface area contributed by atoms with Crippen LogP contribution in [-0.4, -0.2) is 47.6 Å². The van der Waals surface area contributed by atoms with E-state index in [0.717, 1.165) is 0 Å². The highest BCUT2D eigenvalue weighted by Gasteiger charge is 2.07. The van der Waals surface area contributed by atoms with E-state index in [1.54, 1.807) is 0 Å². The minimum Gasteiger partial charge on any atom is -0.478 e. The number of unbranched alkanes of at least 4 members (excludes halogenated alkanes) is 1. The fourth-order valence-corrected chi connectivity index (χ4v) is 2.23. The summed E-state index contributed by atoms with van der Waals surface area (Å²) in [6.07, 6.45) is -0.430. The number of carboxylic acid groups (broad SMARTS) is 2. The molecule has 0 aliphatic carbocycles. The van der Waals surface area contributed by atoms with Crippen LogP contribution in [0.15, 0.2) is 48.5 Å². The third-order valence-corrected chi connectivity index (χ3v) is 3.76. The van der Waals surface area contributed by atoms with Gasteiger partial charge in [0.2, 0.25) is 0 Å². The summed E-state index contributed by atoms with van der Waals surface area (Å²) in [5, 5.41) is 22.6. The smallest absolute Gasteiger partial charge is 0.411 e. The van der Waals surface area contributed by atoms with Crippen molar-refractivity contribution in [3.63, 3.8) is 0 Å². The molecule has 0 aromatic heterocycles. The summed E-state index contributed by atoms with van der Waals surface area (Å²) in [4.78, 5) is 44.8. The van der Waals surface area contributed by atoms with Gasteiger partial charge in [-0.2, -0.15) is 0 Å². The van der Waals surface area contributed by atoms with Crippen LogP contribution in [0.3, 0.4) is 0 Å². The second-order valence-corrected chi connectivity index (χ2v) is 5.99. The number of carboxylic acids is 2. The molecule has 0 saturated carbocycles. The van der Waals surface area contributed by atoms with Crippen LogP contribution in [0.2, 0.25) is 0 Å². The van der Waals surface area contributed by atoms with Crippen LogP contribution < -0.4 is 10.6 Å². The fourth-order valence-electron chi connectivity index (χ4n) is 2.23. The number of aromatic carboxylic acids is 2. The average molecular weight is 416 g/mol. The van der Waals surface area contributed by atoms with Gasteiger partial charge in [0.15, 0.2) is 0 Å². The molecule has 0 saturated heterocycles. The first-order chi connectivity index (χ1) is 14.3. The number of hydrogen-bond acceptors (Lipinski definition) is 6. The molecule has 0 unspecified atom stereocenters. The standard InChI is InChI=1S/C20H20N2O8/c23-17(24)13-3-7-15(8-4-13)21-19(27)29-11-1-2-12-30-20(28)22-16-9-5-14(6-10-16)18(25)26/h3-10H,1-2,11-12H2,(H,21,27)(H,22,28)(H,23,24)(H,25,26). The van der Waals surface area contributed by atoms with Crippen LogP contribution in [0.1, 0.15) is 33.6 Å². The minimum absolute atomic E-state index is 0.107. The summed E-state index contributed by atoms with van der Waals surface area (Å²) in [5.74, 6) is -2.12. The predicted molar refractivity (Wildman–Crippen MR) is 106 cm³/mol. The zero-order valence-electron chi connectivity index (χ0n) is 15.8. The van der Waals surface area contributed by atoms with Gasteiger partial charge in [0.25, 0.3) is 0 Å². The van der Waals surface area contributed by atoms with E-state index in [1.807, 2.05) is 0 Å².